The first kappa shape index (κ1) is 62.3. The van der Waals surface area contributed by atoms with Crippen LogP contribution in [0.15, 0.2) is 97.2 Å². The molecule has 376 valence electrons. The Bertz CT molecular complexity index is 1330. The SMILES string of the molecule is CC/C=C\C/C=C\C/C=C\C/C=C\CCCCCCCCC(=O)OCC(COC(=O)CCCCCCCCCCCCC)OC(=O)CCCCCCC\C=C/C=C\C=C/C=C\CCCCC. The fourth-order valence-electron chi connectivity index (χ4n) is 7.33. The van der Waals surface area contributed by atoms with E-state index in [2.05, 4.69) is 118 Å². The van der Waals surface area contributed by atoms with Crippen molar-refractivity contribution in [3.8, 4) is 0 Å². The van der Waals surface area contributed by atoms with Gasteiger partial charge in [-0.05, 0) is 83.5 Å². The van der Waals surface area contributed by atoms with Crippen molar-refractivity contribution in [2.24, 2.45) is 0 Å². The minimum absolute atomic E-state index is 0.0913. The predicted molar refractivity (Wildman–Crippen MR) is 284 cm³/mol. The molecular formula is C60H100O6. The lowest BCUT2D eigenvalue weighted by molar-refractivity contribution is -0.167. The van der Waals surface area contributed by atoms with E-state index < -0.39 is 6.10 Å². The Kier molecular flexibility index (Phi) is 50.9. The highest BCUT2D eigenvalue weighted by Gasteiger charge is 2.19. The Morgan fingerprint density at radius 2 is 0.652 bits per heavy atom. The average molecular weight is 917 g/mol. The average Bonchev–Trinajstić information content (AvgIpc) is 3.31. The number of carbonyl (C=O) groups excluding carboxylic acids is 3. The number of carbonyl (C=O) groups is 3. The zero-order valence-corrected chi connectivity index (χ0v) is 42.9. The van der Waals surface area contributed by atoms with Crippen LogP contribution in [0.4, 0.5) is 0 Å². The quantitative estimate of drug-likeness (QED) is 0.0199. The van der Waals surface area contributed by atoms with Crippen LogP contribution in [-0.4, -0.2) is 37.2 Å². The second-order valence-electron chi connectivity index (χ2n) is 17.9. The third-order valence-corrected chi connectivity index (χ3v) is 11.4. The first-order chi connectivity index (χ1) is 32.5. The Hall–Kier alpha value is -3.67. The van der Waals surface area contributed by atoms with Gasteiger partial charge in [-0.15, -0.1) is 0 Å². The smallest absolute Gasteiger partial charge is 0.306 e. The Balaban J connectivity index is 4.44. The van der Waals surface area contributed by atoms with Gasteiger partial charge >= 0.3 is 17.9 Å². The van der Waals surface area contributed by atoms with Gasteiger partial charge in [-0.25, -0.2) is 0 Å². The summed E-state index contributed by atoms with van der Waals surface area (Å²) in [4.78, 5) is 38.0. The number of ether oxygens (including phenoxy) is 3. The largest absolute Gasteiger partial charge is 0.462 e. The molecule has 0 aromatic carbocycles. The van der Waals surface area contributed by atoms with Crippen LogP contribution in [-0.2, 0) is 28.6 Å². The minimum atomic E-state index is -0.795. The molecule has 0 radical (unpaired) electrons. The molecule has 0 aromatic rings. The third-order valence-electron chi connectivity index (χ3n) is 11.4. The third kappa shape index (κ3) is 51.3. The first-order valence-corrected chi connectivity index (χ1v) is 27.3. The highest BCUT2D eigenvalue weighted by molar-refractivity contribution is 5.71. The fourth-order valence-corrected chi connectivity index (χ4v) is 7.33. The van der Waals surface area contributed by atoms with E-state index >= 15 is 0 Å². The van der Waals surface area contributed by atoms with Gasteiger partial charge < -0.3 is 14.2 Å². The summed E-state index contributed by atoms with van der Waals surface area (Å²) in [5, 5.41) is 0. The zero-order valence-electron chi connectivity index (χ0n) is 42.9. The maximum atomic E-state index is 12.8. The molecule has 0 aliphatic rings. The number of hydrogen-bond acceptors (Lipinski definition) is 6. The summed E-state index contributed by atoms with van der Waals surface area (Å²) in [6, 6.07) is 0. The van der Waals surface area contributed by atoms with E-state index in [1.54, 1.807) is 0 Å². The summed E-state index contributed by atoms with van der Waals surface area (Å²) in [5.41, 5.74) is 0. The van der Waals surface area contributed by atoms with Crippen molar-refractivity contribution >= 4 is 17.9 Å². The second kappa shape index (κ2) is 53.9. The molecule has 0 aliphatic carbocycles. The van der Waals surface area contributed by atoms with Crippen LogP contribution in [0.3, 0.4) is 0 Å². The van der Waals surface area contributed by atoms with Gasteiger partial charge in [-0.3, -0.25) is 14.4 Å². The molecule has 0 rings (SSSR count). The Morgan fingerprint density at radius 3 is 1.09 bits per heavy atom. The maximum Gasteiger partial charge on any atom is 0.306 e. The summed E-state index contributed by atoms with van der Waals surface area (Å²) in [6.07, 6.45) is 71.0. The van der Waals surface area contributed by atoms with E-state index in [-0.39, 0.29) is 31.1 Å². The summed E-state index contributed by atoms with van der Waals surface area (Å²) in [6.45, 7) is 6.45. The highest BCUT2D eigenvalue weighted by Crippen LogP contribution is 2.14. The number of unbranched alkanes of at least 4 members (excludes halogenated alkanes) is 24. The molecular weight excluding hydrogens is 817 g/mol. The van der Waals surface area contributed by atoms with Crippen LogP contribution >= 0.6 is 0 Å². The van der Waals surface area contributed by atoms with E-state index in [1.165, 1.54) is 83.5 Å². The zero-order chi connectivity index (χ0) is 47.9. The van der Waals surface area contributed by atoms with Crippen molar-refractivity contribution in [3.05, 3.63) is 97.2 Å². The minimum Gasteiger partial charge on any atom is -0.462 e. The van der Waals surface area contributed by atoms with E-state index in [9.17, 15) is 14.4 Å². The van der Waals surface area contributed by atoms with Gasteiger partial charge in [0, 0.05) is 19.3 Å². The van der Waals surface area contributed by atoms with E-state index in [0.717, 1.165) is 122 Å². The van der Waals surface area contributed by atoms with Crippen molar-refractivity contribution in [3.63, 3.8) is 0 Å². The van der Waals surface area contributed by atoms with Gasteiger partial charge in [0.15, 0.2) is 6.10 Å². The molecule has 0 N–H and O–H groups in total. The van der Waals surface area contributed by atoms with Crippen molar-refractivity contribution in [1.82, 2.24) is 0 Å². The molecule has 0 amide bonds. The molecule has 0 heterocycles. The van der Waals surface area contributed by atoms with Gasteiger partial charge in [-0.2, -0.15) is 0 Å². The van der Waals surface area contributed by atoms with Crippen molar-refractivity contribution in [1.29, 1.82) is 0 Å². The summed E-state index contributed by atoms with van der Waals surface area (Å²) >= 11 is 0. The normalized spacial score (nSPS) is 12.8. The molecule has 66 heavy (non-hydrogen) atoms. The monoisotopic (exact) mass is 917 g/mol. The number of rotatable bonds is 48. The van der Waals surface area contributed by atoms with Crippen LogP contribution in [0.5, 0.6) is 0 Å². The van der Waals surface area contributed by atoms with Gasteiger partial charge in [0.2, 0.25) is 0 Å². The molecule has 0 saturated carbocycles. The summed E-state index contributed by atoms with van der Waals surface area (Å²) in [5.74, 6) is -0.929. The molecule has 6 heteroatoms. The predicted octanol–water partition coefficient (Wildman–Crippen LogP) is 18.1. The van der Waals surface area contributed by atoms with Crippen molar-refractivity contribution in [2.75, 3.05) is 13.2 Å². The van der Waals surface area contributed by atoms with Gasteiger partial charge in [-0.1, -0.05) is 240 Å². The number of allylic oxidation sites excluding steroid dienone is 16. The van der Waals surface area contributed by atoms with E-state index in [0.29, 0.717) is 19.3 Å². The molecule has 0 saturated heterocycles. The lowest BCUT2D eigenvalue weighted by Gasteiger charge is -2.18. The molecule has 6 nitrogen and oxygen atoms in total. The summed E-state index contributed by atoms with van der Waals surface area (Å²) < 4.78 is 16.8. The molecule has 1 unspecified atom stereocenters. The fraction of sp³-hybridized carbons (Fsp3) is 0.683. The molecule has 0 bridgehead atoms. The van der Waals surface area contributed by atoms with Crippen LogP contribution in [0.25, 0.3) is 0 Å². The Labute approximate surface area is 407 Å². The standard InChI is InChI=1S/C60H100O6/c1-4-7-10-13-16-19-22-24-26-28-30-32-33-35-38-41-44-47-50-53-59(62)65-56-57(55-64-58(61)52-49-46-43-40-37-21-18-15-12-9-6-3)66-60(63)54-51-48-45-42-39-36-34-31-29-27-25-23-20-17-14-11-8-5-2/h7,10,16-17,19-20,23-27,29-32,34,57H,4-6,8-9,11-15,18,21-22,28,33,35-56H2,1-3H3/b10-7-,19-16-,20-17-,25-23-,26-24-,29-27-,32-30-,34-31-. The maximum absolute atomic E-state index is 12.8. The van der Waals surface area contributed by atoms with Gasteiger partial charge in [0.25, 0.3) is 0 Å². The number of hydrogen-bond donors (Lipinski definition) is 0. The lowest BCUT2D eigenvalue weighted by Crippen LogP contribution is -2.30. The van der Waals surface area contributed by atoms with Crippen LogP contribution < -0.4 is 0 Å². The molecule has 0 aliphatic heterocycles. The molecule has 1 atom stereocenters. The van der Waals surface area contributed by atoms with Gasteiger partial charge in [0.1, 0.15) is 13.2 Å². The van der Waals surface area contributed by atoms with E-state index in [4.69, 9.17) is 14.2 Å². The molecule has 0 spiro atoms. The molecule has 0 aromatic heterocycles. The topological polar surface area (TPSA) is 78.9 Å². The van der Waals surface area contributed by atoms with Crippen LogP contribution in [0.2, 0.25) is 0 Å². The second-order valence-corrected chi connectivity index (χ2v) is 17.9. The van der Waals surface area contributed by atoms with E-state index in [1.807, 2.05) is 0 Å². The lowest BCUT2D eigenvalue weighted by atomic mass is 10.1. The molecule has 0 fully saturated rings. The Morgan fingerprint density at radius 1 is 0.333 bits per heavy atom. The van der Waals surface area contributed by atoms with Crippen molar-refractivity contribution in [2.45, 2.75) is 252 Å². The van der Waals surface area contributed by atoms with Crippen LogP contribution in [0.1, 0.15) is 245 Å². The van der Waals surface area contributed by atoms with Crippen molar-refractivity contribution < 1.29 is 28.6 Å². The highest BCUT2D eigenvalue weighted by atomic mass is 16.6. The number of esters is 3. The summed E-state index contributed by atoms with van der Waals surface area (Å²) in [7, 11) is 0. The van der Waals surface area contributed by atoms with Gasteiger partial charge in [0.05, 0.1) is 0 Å². The van der Waals surface area contributed by atoms with Crippen LogP contribution in [0, 0.1) is 0 Å². The first-order valence-electron chi connectivity index (χ1n) is 27.3.